The number of rotatable bonds is 5. The first-order chi connectivity index (χ1) is 10.1. The number of piperidine rings is 1. The lowest BCUT2D eigenvalue weighted by Crippen LogP contribution is -2.46. The largest absolute Gasteiger partial charge is 0.444 e. The molecule has 1 saturated heterocycles. The molecule has 1 aromatic heterocycles. The Bertz CT molecular complexity index is 493. The average molecular weight is 357 g/mol. The van der Waals surface area contributed by atoms with E-state index >= 15 is 0 Å². The van der Waals surface area contributed by atoms with E-state index in [1.165, 1.54) is 0 Å². The molecule has 0 radical (unpaired) electrons. The summed E-state index contributed by atoms with van der Waals surface area (Å²) < 4.78 is 5.78. The molecule has 5 nitrogen and oxygen atoms in total. The third-order valence-corrected chi connectivity index (χ3v) is 4.15. The van der Waals surface area contributed by atoms with Crippen LogP contribution >= 0.6 is 15.9 Å². The number of nitrogens with one attached hydrogen (secondary N) is 1. The van der Waals surface area contributed by atoms with Crippen LogP contribution in [0.15, 0.2) is 21.2 Å². The number of likely N-dealkylation sites (tertiary alicyclic amines) is 1. The fraction of sp³-hybridized carbons (Fsp3) is 0.600. The van der Waals surface area contributed by atoms with Crippen molar-refractivity contribution < 1.29 is 14.0 Å². The molecule has 2 amide bonds. The summed E-state index contributed by atoms with van der Waals surface area (Å²) in [5.74, 6) is 0.344. The van der Waals surface area contributed by atoms with Crippen LogP contribution in [0.3, 0.4) is 0 Å². The third kappa shape index (κ3) is 4.59. The van der Waals surface area contributed by atoms with Crippen LogP contribution in [-0.4, -0.2) is 35.8 Å². The molecule has 0 bridgehead atoms. The Morgan fingerprint density at radius 1 is 1.38 bits per heavy atom. The van der Waals surface area contributed by atoms with Gasteiger partial charge in [0.2, 0.25) is 5.91 Å². The summed E-state index contributed by atoms with van der Waals surface area (Å²) in [4.78, 5) is 25.8. The number of nitrogens with zero attached hydrogens (tertiary/aromatic N) is 1. The summed E-state index contributed by atoms with van der Waals surface area (Å²) in [6.45, 7) is 3.52. The fourth-order valence-corrected chi connectivity index (χ4v) is 2.76. The zero-order chi connectivity index (χ0) is 15.2. The predicted molar refractivity (Wildman–Crippen MR) is 83.0 cm³/mol. The lowest BCUT2D eigenvalue weighted by atomic mass is 10.0. The quantitative estimate of drug-likeness (QED) is 0.881. The number of hydrogen-bond acceptors (Lipinski definition) is 3. The molecule has 2 rings (SSSR count). The maximum absolute atomic E-state index is 12.0. The van der Waals surface area contributed by atoms with E-state index in [9.17, 15) is 9.59 Å². The topological polar surface area (TPSA) is 62.6 Å². The van der Waals surface area contributed by atoms with Gasteiger partial charge in [-0.1, -0.05) is 13.3 Å². The van der Waals surface area contributed by atoms with Gasteiger partial charge in [0.05, 0.1) is 0 Å². The SMILES string of the molecule is CCCCC(=O)N1CCC(NC(=O)c2ccc(Br)o2)CC1. The van der Waals surface area contributed by atoms with Crippen molar-refractivity contribution in [3.8, 4) is 0 Å². The molecule has 116 valence electrons. The smallest absolute Gasteiger partial charge is 0.287 e. The molecular formula is C15H21BrN2O3. The van der Waals surface area contributed by atoms with Crippen LogP contribution < -0.4 is 5.32 Å². The van der Waals surface area contributed by atoms with Gasteiger partial charge in [-0.2, -0.15) is 0 Å². The number of amides is 2. The monoisotopic (exact) mass is 356 g/mol. The molecule has 0 unspecified atom stereocenters. The van der Waals surface area contributed by atoms with Gasteiger partial charge in [-0.3, -0.25) is 9.59 Å². The molecule has 0 spiro atoms. The van der Waals surface area contributed by atoms with E-state index in [-0.39, 0.29) is 17.9 Å². The van der Waals surface area contributed by atoms with E-state index < -0.39 is 0 Å². The van der Waals surface area contributed by atoms with Crippen LogP contribution in [0, 0.1) is 0 Å². The Balaban J connectivity index is 1.76. The van der Waals surface area contributed by atoms with Crippen LogP contribution in [0.4, 0.5) is 0 Å². The summed E-state index contributed by atoms with van der Waals surface area (Å²) in [5.41, 5.74) is 0. The molecule has 0 aromatic carbocycles. The molecule has 0 atom stereocenters. The van der Waals surface area contributed by atoms with Gasteiger partial charge < -0.3 is 14.6 Å². The van der Waals surface area contributed by atoms with Crippen LogP contribution in [0.1, 0.15) is 49.6 Å². The van der Waals surface area contributed by atoms with Crippen molar-refractivity contribution in [2.24, 2.45) is 0 Å². The Labute approximate surface area is 133 Å². The molecule has 2 heterocycles. The molecule has 0 aliphatic carbocycles. The highest BCUT2D eigenvalue weighted by Crippen LogP contribution is 2.16. The van der Waals surface area contributed by atoms with Gasteiger partial charge in [-0.15, -0.1) is 0 Å². The van der Waals surface area contributed by atoms with Crippen molar-refractivity contribution in [2.45, 2.75) is 45.1 Å². The van der Waals surface area contributed by atoms with E-state index in [2.05, 4.69) is 28.2 Å². The van der Waals surface area contributed by atoms with Crippen LogP contribution in [0.25, 0.3) is 0 Å². The number of unbranched alkanes of at least 4 members (excludes halogenated alkanes) is 1. The minimum Gasteiger partial charge on any atom is -0.444 e. The van der Waals surface area contributed by atoms with E-state index in [1.807, 2.05) is 4.90 Å². The van der Waals surface area contributed by atoms with Gasteiger partial charge in [0.25, 0.3) is 5.91 Å². The molecule has 1 aliphatic heterocycles. The van der Waals surface area contributed by atoms with Gasteiger partial charge >= 0.3 is 0 Å². The van der Waals surface area contributed by atoms with Gasteiger partial charge in [0.15, 0.2) is 10.4 Å². The van der Waals surface area contributed by atoms with E-state index in [4.69, 9.17) is 4.42 Å². The number of hydrogen-bond donors (Lipinski definition) is 1. The van der Waals surface area contributed by atoms with E-state index in [0.29, 0.717) is 16.9 Å². The minimum absolute atomic E-state index is 0.108. The first-order valence-corrected chi connectivity index (χ1v) is 8.23. The second kappa shape index (κ2) is 7.64. The highest BCUT2D eigenvalue weighted by molar-refractivity contribution is 9.10. The summed E-state index contributed by atoms with van der Waals surface area (Å²) in [7, 11) is 0. The van der Waals surface area contributed by atoms with Crippen LogP contribution in [0.5, 0.6) is 0 Å². The number of furan rings is 1. The van der Waals surface area contributed by atoms with E-state index in [0.717, 1.165) is 38.8 Å². The first kappa shape index (κ1) is 16.1. The number of halogens is 1. The lowest BCUT2D eigenvalue weighted by Gasteiger charge is -2.32. The standard InChI is InChI=1S/C15H21BrN2O3/c1-2-3-4-14(19)18-9-7-11(8-10-18)17-15(20)12-5-6-13(16)21-12/h5-6,11H,2-4,7-10H2,1H3,(H,17,20). The van der Waals surface area contributed by atoms with Crippen molar-refractivity contribution in [3.05, 3.63) is 22.6 Å². The van der Waals surface area contributed by atoms with Gasteiger partial charge in [-0.05, 0) is 47.3 Å². The Hall–Kier alpha value is -1.30. The lowest BCUT2D eigenvalue weighted by molar-refractivity contribution is -0.132. The molecule has 1 fully saturated rings. The molecule has 1 aromatic rings. The summed E-state index contributed by atoms with van der Waals surface area (Å²) >= 11 is 3.18. The van der Waals surface area contributed by atoms with Crippen molar-refractivity contribution in [2.75, 3.05) is 13.1 Å². The molecule has 1 N–H and O–H groups in total. The van der Waals surface area contributed by atoms with Crippen LogP contribution in [-0.2, 0) is 4.79 Å². The summed E-state index contributed by atoms with van der Waals surface area (Å²) in [6, 6.07) is 3.45. The molecule has 6 heteroatoms. The second-order valence-electron chi connectivity index (χ2n) is 5.34. The maximum Gasteiger partial charge on any atom is 0.287 e. The van der Waals surface area contributed by atoms with Crippen LogP contribution in [0.2, 0.25) is 0 Å². The maximum atomic E-state index is 12.0. The average Bonchev–Trinajstić information content (AvgIpc) is 2.92. The Morgan fingerprint density at radius 2 is 2.10 bits per heavy atom. The van der Waals surface area contributed by atoms with Gasteiger partial charge in [-0.25, -0.2) is 0 Å². The Morgan fingerprint density at radius 3 is 2.67 bits per heavy atom. The number of carbonyl (C=O) groups is 2. The minimum atomic E-state index is -0.198. The third-order valence-electron chi connectivity index (χ3n) is 3.72. The molecule has 0 saturated carbocycles. The van der Waals surface area contributed by atoms with Gasteiger partial charge in [0, 0.05) is 25.6 Å². The number of carbonyl (C=O) groups excluding carboxylic acids is 2. The Kier molecular flexibility index (Phi) is 5.85. The second-order valence-corrected chi connectivity index (χ2v) is 6.12. The fourth-order valence-electron chi connectivity index (χ4n) is 2.45. The zero-order valence-electron chi connectivity index (χ0n) is 12.2. The van der Waals surface area contributed by atoms with Crippen molar-refractivity contribution in [3.63, 3.8) is 0 Å². The van der Waals surface area contributed by atoms with Crippen molar-refractivity contribution in [1.29, 1.82) is 0 Å². The van der Waals surface area contributed by atoms with Crippen molar-refractivity contribution in [1.82, 2.24) is 10.2 Å². The van der Waals surface area contributed by atoms with E-state index in [1.54, 1.807) is 12.1 Å². The highest BCUT2D eigenvalue weighted by atomic mass is 79.9. The van der Waals surface area contributed by atoms with Gasteiger partial charge in [0.1, 0.15) is 0 Å². The predicted octanol–water partition coefficient (Wildman–Crippen LogP) is 2.95. The molecular weight excluding hydrogens is 336 g/mol. The highest BCUT2D eigenvalue weighted by Gasteiger charge is 2.24. The summed E-state index contributed by atoms with van der Waals surface area (Å²) in [6.07, 6.45) is 4.21. The van der Waals surface area contributed by atoms with Crippen molar-refractivity contribution >= 4 is 27.7 Å². The normalized spacial score (nSPS) is 16.0. The summed E-state index contributed by atoms with van der Waals surface area (Å²) in [5, 5.41) is 2.96. The zero-order valence-corrected chi connectivity index (χ0v) is 13.8. The molecule has 1 aliphatic rings. The first-order valence-electron chi connectivity index (χ1n) is 7.44. The molecule has 21 heavy (non-hydrogen) atoms.